The van der Waals surface area contributed by atoms with E-state index in [9.17, 15) is 9.59 Å². The molecule has 1 aromatic heterocycles. The first-order valence-corrected chi connectivity index (χ1v) is 14.4. The van der Waals surface area contributed by atoms with Gasteiger partial charge in [0.15, 0.2) is 5.82 Å². The molecular weight excluding hydrogens is 526 g/mol. The number of anilines is 2. The van der Waals surface area contributed by atoms with Crippen molar-refractivity contribution in [3.05, 3.63) is 40.6 Å². The van der Waals surface area contributed by atoms with Crippen LogP contribution in [0.3, 0.4) is 0 Å². The van der Waals surface area contributed by atoms with E-state index in [4.69, 9.17) is 27.8 Å². The maximum Gasteiger partial charge on any atom is 0.245 e. The van der Waals surface area contributed by atoms with Crippen molar-refractivity contribution in [2.24, 2.45) is 5.41 Å². The summed E-state index contributed by atoms with van der Waals surface area (Å²) >= 11 is 7.00. The molecule has 3 N–H and O–H groups in total. The third kappa shape index (κ3) is 4.29. The summed E-state index contributed by atoms with van der Waals surface area (Å²) < 4.78 is 2.13. The number of nitrogens with zero attached hydrogens (tertiary/aromatic N) is 5. The molecule has 3 fully saturated rings. The van der Waals surface area contributed by atoms with Crippen LogP contribution in [-0.2, 0) is 9.59 Å². The molecule has 2 aliphatic heterocycles. The highest BCUT2D eigenvalue weighted by Crippen LogP contribution is 2.55. The third-order valence-corrected chi connectivity index (χ3v) is 9.99. The molecule has 3 aliphatic rings. The number of carbonyl (C=O) groups is 2. The van der Waals surface area contributed by atoms with Crippen LogP contribution in [0.4, 0.5) is 11.5 Å². The van der Waals surface area contributed by atoms with Crippen LogP contribution < -0.4 is 10.6 Å². The Kier molecular flexibility index (Phi) is 7.01. The number of carbonyl (C=O) groups excluding carboxylic acids is 2. The summed E-state index contributed by atoms with van der Waals surface area (Å²) in [5.74, 6) is 0.882. The van der Waals surface area contributed by atoms with Crippen molar-refractivity contribution in [2.75, 3.05) is 43.4 Å². The Morgan fingerprint density at radius 1 is 1.20 bits per heavy atom. The number of piperazine rings is 1. The minimum absolute atomic E-state index is 0.0108. The number of aryl methyl sites for hydroxylation is 1. The lowest BCUT2D eigenvalue weighted by atomic mass is 9.60. The number of hydrogen-bond donors (Lipinski definition) is 2. The Morgan fingerprint density at radius 2 is 1.88 bits per heavy atom. The molecule has 3 heterocycles. The van der Waals surface area contributed by atoms with Gasteiger partial charge in [-0.05, 0) is 57.7 Å². The van der Waals surface area contributed by atoms with Gasteiger partial charge in [0.25, 0.3) is 0 Å². The lowest BCUT2D eigenvalue weighted by Crippen LogP contribution is -2.63. The van der Waals surface area contributed by atoms with Crippen LogP contribution in [0.5, 0.6) is 0 Å². The molecule has 1 spiro atoms. The van der Waals surface area contributed by atoms with Gasteiger partial charge in [0, 0.05) is 79.3 Å². The number of halogens is 1. The standard InChI is InChI=1S/C30H40ClN7O2/c1-7-24(40)36-16-30(17-36)12-21(13-30)38-19(4)25(26-22(14-32)23(33)11-18(3)27(26)31)28(34-38)37-10-9-35(20(5)39)15-29(37,6)8-2/h7,11,14,21,32H,1,8-10,12-13,15-17,33H2,2-6H3/t29-/m0/s1. The second-order valence-electron chi connectivity index (χ2n) is 12.2. The van der Waals surface area contributed by atoms with Gasteiger partial charge in [-0.1, -0.05) is 25.1 Å². The zero-order chi connectivity index (χ0) is 29.1. The molecule has 2 aromatic rings. The normalized spacial score (nSPS) is 22.2. The molecule has 9 nitrogen and oxygen atoms in total. The molecule has 2 amide bonds. The molecule has 0 unspecified atom stereocenters. The number of nitrogens with one attached hydrogen (secondary N) is 1. The summed E-state index contributed by atoms with van der Waals surface area (Å²) in [7, 11) is 0. The highest BCUT2D eigenvalue weighted by atomic mass is 35.5. The summed E-state index contributed by atoms with van der Waals surface area (Å²) in [6.45, 7) is 16.9. The van der Waals surface area contributed by atoms with Crippen LogP contribution in [-0.4, -0.2) is 75.9 Å². The predicted molar refractivity (Wildman–Crippen MR) is 160 cm³/mol. The number of nitrogen functional groups attached to an aromatic ring is 1. The number of nitrogens with two attached hydrogens (primary N) is 1. The average molecular weight is 566 g/mol. The quantitative estimate of drug-likeness (QED) is 0.302. The lowest BCUT2D eigenvalue weighted by molar-refractivity contribution is -0.149. The highest BCUT2D eigenvalue weighted by Gasteiger charge is 2.55. The second-order valence-corrected chi connectivity index (χ2v) is 12.5. The first kappa shape index (κ1) is 28.2. The van der Waals surface area contributed by atoms with Crippen molar-refractivity contribution in [1.82, 2.24) is 19.6 Å². The summed E-state index contributed by atoms with van der Waals surface area (Å²) in [6.07, 6.45) is 5.37. The summed E-state index contributed by atoms with van der Waals surface area (Å²) in [6, 6.07) is 2.01. The molecule has 1 aliphatic carbocycles. The predicted octanol–water partition coefficient (Wildman–Crippen LogP) is 4.59. The summed E-state index contributed by atoms with van der Waals surface area (Å²) in [5, 5.41) is 14.1. The topological polar surface area (TPSA) is 112 Å². The first-order valence-electron chi connectivity index (χ1n) is 14.0. The molecular formula is C30H40ClN7O2. The Bertz CT molecular complexity index is 1400. The zero-order valence-corrected chi connectivity index (χ0v) is 24.9. The number of likely N-dealkylation sites (tertiary alicyclic amines) is 1. The van der Waals surface area contributed by atoms with Crippen LogP contribution in [0.25, 0.3) is 11.1 Å². The van der Waals surface area contributed by atoms with Crippen molar-refractivity contribution >= 4 is 41.1 Å². The average Bonchev–Trinajstić information content (AvgIpc) is 3.19. The Labute approximate surface area is 241 Å². The fourth-order valence-electron chi connectivity index (χ4n) is 6.99. The second kappa shape index (κ2) is 9.94. The monoisotopic (exact) mass is 565 g/mol. The molecule has 1 saturated carbocycles. The van der Waals surface area contributed by atoms with E-state index in [1.807, 2.05) is 22.8 Å². The van der Waals surface area contributed by atoms with E-state index in [1.54, 1.807) is 6.92 Å². The molecule has 40 heavy (non-hydrogen) atoms. The fourth-order valence-corrected chi connectivity index (χ4v) is 7.24. The SMILES string of the molecule is C=CC(=O)N1CC2(CC(n3nc(N4CCN(C(C)=O)C[C@]4(C)CC)c(-c4c(Cl)c(C)cc(N)c4C=N)c3C)C2)C1. The molecule has 0 radical (unpaired) electrons. The van der Waals surface area contributed by atoms with Crippen molar-refractivity contribution in [3.63, 3.8) is 0 Å². The third-order valence-electron chi connectivity index (χ3n) is 9.51. The van der Waals surface area contributed by atoms with Gasteiger partial charge in [0.05, 0.1) is 16.6 Å². The van der Waals surface area contributed by atoms with Gasteiger partial charge in [0.2, 0.25) is 11.8 Å². The van der Waals surface area contributed by atoms with Gasteiger partial charge < -0.3 is 25.8 Å². The number of amides is 2. The maximum absolute atomic E-state index is 12.3. The largest absolute Gasteiger partial charge is 0.398 e. The van der Waals surface area contributed by atoms with Crippen LogP contribution in [0.1, 0.15) is 62.9 Å². The van der Waals surface area contributed by atoms with Crippen LogP contribution in [0.15, 0.2) is 18.7 Å². The molecule has 214 valence electrons. The van der Waals surface area contributed by atoms with Gasteiger partial charge in [-0.15, -0.1) is 0 Å². The smallest absolute Gasteiger partial charge is 0.245 e. The van der Waals surface area contributed by atoms with Crippen molar-refractivity contribution < 1.29 is 9.59 Å². The van der Waals surface area contributed by atoms with Crippen molar-refractivity contribution in [1.29, 1.82) is 5.41 Å². The molecule has 10 heteroatoms. The van der Waals surface area contributed by atoms with Gasteiger partial charge >= 0.3 is 0 Å². The maximum atomic E-state index is 12.3. The summed E-state index contributed by atoms with van der Waals surface area (Å²) in [4.78, 5) is 30.4. The van der Waals surface area contributed by atoms with Crippen molar-refractivity contribution in [3.8, 4) is 11.1 Å². The zero-order valence-electron chi connectivity index (χ0n) is 24.2. The molecule has 1 atom stereocenters. The minimum Gasteiger partial charge on any atom is -0.398 e. The summed E-state index contributed by atoms with van der Waals surface area (Å²) in [5.41, 5.74) is 10.8. The van der Waals surface area contributed by atoms with E-state index in [2.05, 4.69) is 36.9 Å². The molecule has 0 bridgehead atoms. The Hall–Kier alpha value is -3.33. The highest BCUT2D eigenvalue weighted by molar-refractivity contribution is 6.35. The molecule has 1 aromatic carbocycles. The van der Waals surface area contributed by atoms with E-state index in [0.717, 1.165) is 60.6 Å². The fraction of sp³-hybridized carbons (Fsp3) is 0.533. The van der Waals surface area contributed by atoms with Gasteiger partial charge in [-0.25, -0.2) is 0 Å². The van der Waals surface area contributed by atoms with Gasteiger partial charge in [-0.2, -0.15) is 5.10 Å². The number of hydrogen-bond acceptors (Lipinski definition) is 6. The number of rotatable bonds is 6. The number of aromatic nitrogens is 2. The Balaban J connectivity index is 1.61. The van der Waals surface area contributed by atoms with Gasteiger partial charge in [0.1, 0.15) is 0 Å². The lowest BCUT2D eigenvalue weighted by Gasteiger charge is -2.58. The molecule has 2 saturated heterocycles. The van der Waals surface area contributed by atoms with E-state index >= 15 is 0 Å². The van der Waals surface area contributed by atoms with Crippen LogP contribution >= 0.6 is 11.6 Å². The van der Waals surface area contributed by atoms with Crippen molar-refractivity contribution in [2.45, 2.75) is 65.5 Å². The first-order chi connectivity index (χ1) is 18.9. The number of benzene rings is 1. The van der Waals surface area contributed by atoms with Crippen LogP contribution in [0.2, 0.25) is 5.02 Å². The van der Waals surface area contributed by atoms with E-state index in [0.29, 0.717) is 35.9 Å². The van der Waals surface area contributed by atoms with E-state index < -0.39 is 0 Å². The van der Waals surface area contributed by atoms with E-state index in [-0.39, 0.29) is 28.8 Å². The van der Waals surface area contributed by atoms with E-state index in [1.165, 1.54) is 12.3 Å². The van der Waals surface area contributed by atoms with Crippen LogP contribution in [0, 0.1) is 24.7 Å². The minimum atomic E-state index is -0.336. The molecule has 5 rings (SSSR count). The Morgan fingerprint density at radius 3 is 2.45 bits per heavy atom. The van der Waals surface area contributed by atoms with Gasteiger partial charge in [-0.3, -0.25) is 14.3 Å².